The molecule has 2 aromatic heterocycles. The Morgan fingerprint density at radius 1 is 1.12 bits per heavy atom. The fourth-order valence-corrected chi connectivity index (χ4v) is 3.55. The van der Waals surface area contributed by atoms with Crippen molar-refractivity contribution in [1.82, 2.24) is 19.6 Å². The molecule has 0 radical (unpaired) electrons. The molecular formula is C20H28N4O2. The number of amides is 2. The van der Waals surface area contributed by atoms with Gasteiger partial charge in [-0.2, -0.15) is 0 Å². The van der Waals surface area contributed by atoms with Crippen LogP contribution in [-0.2, 0) is 4.79 Å². The number of hydrogen-bond donors (Lipinski definition) is 1. The van der Waals surface area contributed by atoms with Crippen molar-refractivity contribution in [2.24, 2.45) is 0 Å². The van der Waals surface area contributed by atoms with Gasteiger partial charge >= 0.3 is 0 Å². The third-order valence-electron chi connectivity index (χ3n) is 4.98. The summed E-state index contributed by atoms with van der Waals surface area (Å²) in [5, 5.41) is 2.97. The maximum atomic E-state index is 12.5. The quantitative estimate of drug-likeness (QED) is 0.776. The number of likely N-dealkylation sites (tertiary alicyclic amines) is 1. The van der Waals surface area contributed by atoms with Gasteiger partial charge in [-0.3, -0.25) is 14.0 Å². The molecule has 140 valence electrons. The van der Waals surface area contributed by atoms with Crippen LogP contribution in [-0.4, -0.2) is 45.7 Å². The van der Waals surface area contributed by atoms with E-state index in [1.165, 1.54) is 6.42 Å². The number of piperidine rings is 1. The lowest BCUT2D eigenvalue weighted by atomic mass is 10.1. The Kier molecular flexibility index (Phi) is 6.26. The molecule has 0 bridgehead atoms. The molecule has 1 fully saturated rings. The van der Waals surface area contributed by atoms with E-state index in [-0.39, 0.29) is 11.8 Å². The van der Waals surface area contributed by atoms with Gasteiger partial charge in [-0.05, 0) is 51.2 Å². The number of aryl methyl sites for hydroxylation is 1. The van der Waals surface area contributed by atoms with E-state index in [1.807, 2.05) is 40.6 Å². The van der Waals surface area contributed by atoms with Crippen molar-refractivity contribution < 1.29 is 9.59 Å². The zero-order valence-corrected chi connectivity index (χ0v) is 15.5. The molecule has 26 heavy (non-hydrogen) atoms. The Hall–Kier alpha value is -2.37. The molecule has 6 nitrogen and oxygen atoms in total. The molecule has 3 rings (SSSR count). The molecule has 0 unspecified atom stereocenters. The Morgan fingerprint density at radius 3 is 2.73 bits per heavy atom. The maximum absolute atomic E-state index is 12.5. The largest absolute Gasteiger partial charge is 0.351 e. The predicted molar refractivity (Wildman–Crippen MR) is 101 cm³/mol. The SMILES string of the molecule is Cc1nc2ccccn2c1C(=O)NCCCCCC(=O)N1CCCCC1. The molecule has 2 aromatic rings. The monoisotopic (exact) mass is 356 g/mol. The molecule has 0 aromatic carbocycles. The van der Waals surface area contributed by atoms with Gasteiger partial charge in [0.2, 0.25) is 5.91 Å². The molecule has 1 N–H and O–H groups in total. The van der Waals surface area contributed by atoms with Gasteiger partial charge in [0.25, 0.3) is 5.91 Å². The molecule has 0 aliphatic carbocycles. The summed E-state index contributed by atoms with van der Waals surface area (Å²) >= 11 is 0. The van der Waals surface area contributed by atoms with Crippen molar-refractivity contribution in [3.05, 3.63) is 35.8 Å². The van der Waals surface area contributed by atoms with Crippen LogP contribution in [0.5, 0.6) is 0 Å². The Labute approximate surface area is 154 Å². The number of nitrogens with one attached hydrogen (secondary N) is 1. The van der Waals surface area contributed by atoms with Gasteiger partial charge in [0.05, 0.1) is 5.69 Å². The van der Waals surface area contributed by atoms with E-state index in [4.69, 9.17) is 0 Å². The summed E-state index contributed by atoms with van der Waals surface area (Å²) < 4.78 is 1.82. The Balaban J connectivity index is 1.37. The van der Waals surface area contributed by atoms with Crippen molar-refractivity contribution >= 4 is 17.5 Å². The first kappa shape index (κ1) is 18.4. The Bertz CT molecular complexity index is 762. The van der Waals surface area contributed by atoms with Gasteiger partial charge in [-0.1, -0.05) is 12.5 Å². The van der Waals surface area contributed by atoms with Crippen LogP contribution < -0.4 is 5.32 Å². The maximum Gasteiger partial charge on any atom is 0.270 e. The summed E-state index contributed by atoms with van der Waals surface area (Å²) in [5.74, 6) is 0.195. The van der Waals surface area contributed by atoms with E-state index in [2.05, 4.69) is 10.3 Å². The highest BCUT2D eigenvalue weighted by Gasteiger charge is 2.17. The summed E-state index contributed by atoms with van der Waals surface area (Å²) in [6, 6.07) is 5.70. The minimum atomic E-state index is -0.0920. The smallest absolute Gasteiger partial charge is 0.270 e. The molecule has 3 heterocycles. The highest BCUT2D eigenvalue weighted by Crippen LogP contribution is 2.13. The topological polar surface area (TPSA) is 66.7 Å². The van der Waals surface area contributed by atoms with Gasteiger partial charge < -0.3 is 10.2 Å². The number of imidazole rings is 1. The number of carbonyl (C=O) groups is 2. The average molecular weight is 356 g/mol. The molecule has 0 atom stereocenters. The first-order valence-corrected chi connectivity index (χ1v) is 9.66. The molecule has 1 saturated heterocycles. The van der Waals surface area contributed by atoms with Gasteiger partial charge in [0.1, 0.15) is 11.3 Å². The van der Waals surface area contributed by atoms with Crippen LogP contribution in [0.25, 0.3) is 5.65 Å². The van der Waals surface area contributed by atoms with Gasteiger partial charge in [-0.25, -0.2) is 4.98 Å². The van der Waals surface area contributed by atoms with Crippen LogP contribution in [0.2, 0.25) is 0 Å². The molecule has 1 aliphatic heterocycles. The molecule has 0 spiro atoms. The van der Waals surface area contributed by atoms with Crippen LogP contribution in [0, 0.1) is 6.92 Å². The van der Waals surface area contributed by atoms with Crippen LogP contribution in [0.15, 0.2) is 24.4 Å². The number of hydrogen-bond acceptors (Lipinski definition) is 3. The summed E-state index contributed by atoms with van der Waals surface area (Å²) in [4.78, 5) is 31.0. The fraction of sp³-hybridized carbons (Fsp3) is 0.550. The number of unbranched alkanes of at least 4 members (excludes halogenated alkanes) is 2. The lowest BCUT2D eigenvalue weighted by Gasteiger charge is -2.26. The van der Waals surface area contributed by atoms with Crippen LogP contribution in [0.4, 0.5) is 0 Å². The molecule has 0 saturated carbocycles. The normalized spacial score (nSPS) is 14.6. The Morgan fingerprint density at radius 2 is 1.92 bits per heavy atom. The highest BCUT2D eigenvalue weighted by molar-refractivity contribution is 5.94. The third kappa shape index (κ3) is 4.42. The van der Waals surface area contributed by atoms with Crippen LogP contribution in [0.3, 0.4) is 0 Å². The van der Waals surface area contributed by atoms with E-state index < -0.39 is 0 Å². The second kappa shape index (κ2) is 8.83. The lowest BCUT2D eigenvalue weighted by Crippen LogP contribution is -2.35. The highest BCUT2D eigenvalue weighted by atomic mass is 16.2. The first-order chi connectivity index (χ1) is 12.7. The van der Waals surface area contributed by atoms with Crippen molar-refractivity contribution in [3.63, 3.8) is 0 Å². The summed E-state index contributed by atoms with van der Waals surface area (Å²) in [7, 11) is 0. The van der Waals surface area contributed by atoms with E-state index in [0.29, 0.717) is 18.7 Å². The van der Waals surface area contributed by atoms with E-state index in [1.54, 1.807) is 0 Å². The number of aromatic nitrogens is 2. The van der Waals surface area contributed by atoms with Gasteiger partial charge in [-0.15, -0.1) is 0 Å². The molecular weight excluding hydrogens is 328 g/mol. The minimum Gasteiger partial charge on any atom is -0.351 e. The number of pyridine rings is 1. The number of fused-ring (bicyclic) bond motifs is 1. The van der Waals surface area contributed by atoms with Crippen molar-refractivity contribution in [1.29, 1.82) is 0 Å². The standard InChI is InChI=1S/C20H28N4O2/c1-16-19(24-15-9-5-10-17(24)22-16)20(26)21-12-6-2-4-11-18(25)23-13-7-3-8-14-23/h5,9-10,15H,2-4,6-8,11-14H2,1H3,(H,21,26). The van der Waals surface area contributed by atoms with Gasteiger partial charge in [0.15, 0.2) is 0 Å². The van der Waals surface area contributed by atoms with E-state index in [0.717, 1.165) is 56.5 Å². The summed E-state index contributed by atoms with van der Waals surface area (Å²) in [6.45, 7) is 4.32. The molecule has 1 aliphatic rings. The number of rotatable bonds is 7. The van der Waals surface area contributed by atoms with Crippen molar-refractivity contribution in [2.75, 3.05) is 19.6 Å². The third-order valence-corrected chi connectivity index (χ3v) is 4.98. The van der Waals surface area contributed by atoms with Gasteiger partial charge in [0, 0.05) is 32.3 Å². The zero-order valence-electron chi connectivity index (χ0n) is 15.5. The van der Waals surface area contributed by atoms with Crippen molar-refractivity contribution in [2.45, 2.75) is 51.9 Å². The average Bonchev–Trinajstić information content (AvgIpc) is 3.00. The predicted octanol–water partition coefficient (Wildman–Crippen LogP) is 2.95. The van der Waals surface area contributed by atoms with E-state index >= 15 is 0 Å². The lowest BCUT2D eigenvalue weighted by molar-refractivity contribution is -0.132. The first-order valence-electron chi connectivity index (χ1n) is 9.66. The number of nitrogens with zero attached hydrogens (tertiary/aromatic N) is 3. The second-order valence-corrected chi connectivity index (χ2v) is 6.98. The zero-order chi connectivity index (χ0) is 18.4. The minimum absolute atomic E-state index is 0.0920. The number of carbonyl (C=O) groups excluding carboxylic acids is 2. The summed E-state index contributed by atoms with van der Waals surface area (Å²) in [6.07, 6.45) is 8.73. The molecule has 6 heteroatoms. The van der Waals surface area contributed by atoms with Crippen LogP contribution >= 0.6 is 0 Å². The molecule has 2 amide bonds. The summed E-state index contributed by atoms with van der Waals surface area (Å²) in [5.41, 5.74) is 2.12. The van der Waals surface area contributed by atoms with Crippen LogP contribution in [0.1, 0.15) is 61.1 Å². The van der Waals surface area contributed by atoms with E-state index in [9.17, 15) is 9.59 Å². The van der Waals surface area contributed by atoms with Crippen molar-refractivity contribution in [3.8, 4) is 0 Å². The second-order valence-electron chi connectivity index (χ2n) is 6.98. The fourth-order valence-electron chi connectivity index (χ4n) is 3.55.